The predicted molar refractivity (Wildman–Crippen MR) is 56.0 cm³/mol. The topological polar surface area (TPSA) is 38.0 Å². The molecule has 1 fully saturated rings. The van der Waals surface area contributed by atoms with Crippen LogP contribution in [0.15, 0.2) is 12.2 Å². The molecule has 3 N–H and O–H groups in total. The lowest BCUT2D eigenvalue weighted by Crippen LogP contribution is -2.44. The van der Waals surface area contributed by atoms with Crippen molar-refractivity contribution in [2.45, 2.75) is 37.5 Å². The van der Waals surface area contributed by atoms with Crippen LogP contribution in [-0.4, -0.2) is 17.0 Å². The number of rotatable bonds is 3. The first-order valence-corrected chi connectivity index (χ1v) is 5.53. The van der Waals surface area contributed by atoms with Gasteiger partial charge in [-0.3, -0.25) is 11.3 Å². The summed E-state index contributed by atoms with van der Waals surface area (Å²) in [5.74, 6) is 6.75. The molecule has 0 saturated carbocycles. The first-order chi connectivity index (χ1) is 5.75. The van der Waals surface area contributed by atoms with Gasteiger partial charge >= 0.3 is 0 Å². The Labute approximate surface area is 78.9 Å². The van der Waals surface area contributed by atoms with Crippen LogP contribution < -0.4 is 11.3 Å². The summed E-state index contributed by atoms with van der Waals surface area (Å²) in [5.41, 5.74) is 4.00. The number of hydrogen-bond donors (Lipinski definition) is 2. The molecule has 0 spiro atoms. The average Bonchev–Trinajstić information content (AvgIpc) is 2.07. The van der Waals surface area contributed by atoms with Crippen molar-refractivity contribution in [3.05, 3.63) is 12.2 Å². The minimum atomic E-state index is 0.301. The predicted octanol–water partition coefficient (Wildman–Crippen LogP) is 1.68. The highest BCUT2D eigenvalue weighted by Crippen LogP contribution is 2.29. The normalized spacial score (nSPS) is 26.7. The van der Waals surface area contributed by atoms with Crippen LogP contribution in [-0.2, 0) is 0 Å². The van der Waals surface area contributed by atoms with Crippen molar-refractivity contribution in [3.8, 4) is 0 Å². The van der Waals surface area contributed by atoms with E-state index in [4.69, 9.17) is 5.84 Å². The van der Waals surface area contributed by atoms with Gasteiger partial charge in [0, 0.05) is 5.25 Å². The Kier molecular flexibility index (Phi) is 4.12. The molecule has 1 heterocycles. The molecular weight excluding hydrogens is 168 g/mol. The molecule has 0 aromatic carbocycles. The van der Waals surface area contributed by atoms with E-state index in [9.17, 15) is 0 Å². The molecule has 1 saturated heterocycles. The minimum Gasteiger partial charge on any atom is -0.271 e. The van der Waals surface area contributed by atoms with Crippen LogP contribution in [0.4, 0.5) is 0 Å². The molecule has 2 unspecified atom stereocenters. The van der Waals surface area contributed by atoms with Crippen LogP contribution in [0.25, 0.3) is 0 Å². The van der Waals surface area contributed by atoms with E-state index in [0.717, 1.165) is 5.57 Å². The van der Waals surface area contributed by atoms with E-state index in [-0.39, 0.29) is 0 Å². The molecular formula is C9H18N2S. The second-order valence-electron chi connectivity index (χ2n) is 3.40. The Bertz CT molecular complexity index is 153. The van der Waals surface area contributed by atoms with Gasteiger partial charge in [-0.05, 0) is 25.5 Å². The smallest absolute Gasteiger partial charge is 0.0533 e. The van der Waals surface area contributed by atoms with E-state index in [1.54, 1.807) is 0 Å². The van der Waals surface area contributed by atoms with Gasteiger partial charge < -0.3 is 0 Å². The highest BCUT2D eigenvalue weighted by Gasteiger charge is 2.23. The third-order valence-electron chi connectivity index (χ3n) is 2.30. The number of hydrazine groups is 1. The average molecular weight is 186 g/mol. The summed E-state index contributed by atoms with van der Waals surface area (Å²) in [6.45, 7) is 5.99. The van der Waals surface area contributed by atoms with E-state index < -0.39 is 0 Å². The Morgan fingerprint density at radius 1 is 1.67 bits per heavy atom. The van der Waals surface area contributed by atoms with E-state index >= 15 is 0 Å². The summed E-state index contributed by atoms with van der Waals surface area (Å²) in [4.78, 5) is 0. The van der Waals surface area contributed by atoms with Crippen molar-refractivity contribution in [1.29, 1.82) is 0 Å². The molecule has 0 aliphatic carbocycles. The summed E-state index contributed by atoms with van der Waals surface area (Å²) in [6, 6.07) is 0.301. The maximum Gasteiger partial charge on any atom is 0.0533 e. The molecule has 0 bridgehead atoms. The minimum absolute atomic E-state index is 0.301. The zero-order valence-corrected chi connectivity index (χ0v) is 8.49. The van der Waals surface area contributed by atoms with Gasteiger partial charge in [0.15, 0.2) is 0 Å². The lowest BCUT2D eigenvalue weighted by atomic mass is 10.0. The van der Waals surface area contributed by atoms with Gasteiger partial charge in [-0.25, -0.2) is 0 Å². The van der Waals surface area contributed by atoms with Crippen molar-refractivity contribution in [2.24, 2.45) is 5.84 Å². The molecule has 3 heteroatoms. The van der Waals surface area contributed by atoms with Crippen LogP contribution >= 0.6 is 11.8 Å². The molecule has 1 aliphatic rings. The van der Waals surface area contributed by atoms with Gasteiger partial charge in [0.25, 0.3) is 0 Å². The van der Waals surface area contributed by atoms with Gasteiger partial charge in [-0.15, -0.1) is 0 Å². The van der Waals surface area contributed by atoms with Crippen molar-refractivity contribution >= 4 is 11.8 Å². The molecule has 1 rings (SSSR count). The molecule has 0 aromatic heterocycles. The molecule has 0 amide bonds. The Morgan fingerprint density at radius 2 is 2.42 bits per heavy atom. The van der Waals surface area contributed by atoms with Crippen molar-refractivity contribution in [3.63, 3.8) is 0 Å². The molecule has 0 aromatic rings. The largest absolute Gasteiger partial charge is 0.271 e. The quantitative estimate of drug-likeness (QED) is 0.400. The fourth-order valence-electron chi connectivity index (χ4n) is 1.60. The third-order valence-corrected chi connectivity index (χ3v) is 3.76. The summed E-state index contributed by atoms with van der Waals surface area (Å²) in [5, 5.41) is 0.640. The monoisotopic (exact) mass is 186 g/mol. The van der Waals surface area contributed by atoms with Gasteiger partial charge in [0.05, 0.1) is 6.04 Å². The van der Waals surface area contributed by atoms with Crippen molar-refractivity contribution in [1.82, 2.24) is 5.43 Å². The van der Waals surface area contributed by atoms with Crippen molar-refractivity contribution < 1.29 is 0 Å². The summed E-state index contributed by atoms with van der Waals surface area (Å²) < 4.78 is 0. The lowest BCUT2D eigenvalue weighted by Gasteiger charge is -2.29. The van der Waals surface area contributed by atoms with Gasteiger partial charge in [0.1, 0.15) is 0 Å². The molecule has 1 aliphatic heterocycles. The molecule has 2 atom stereocenters. The fraction of sp³-hybridized carbons (Fsp3) is 0.778. The number of thioether (sulfide) groups is 1. The maximum absolute atomic E-state index is 5.48. The Balaban J connectivity index is 2.46. The molecule has 2 nitrogen and oxygen atoms in total. The SMILES string of the molecule is C=C(C)C(NN)C1CCCCS1. The highest BCUT2D eigenvalue weighted by molar-refractivity contribution is 8.00. The lowest BCUT2D eigenvalue weighted by molar-refractivity contribution is 0.523. The summed E-state index contributed by atoms with van der Waals surface area (Å²) >= 11 is 2.02. The van der Waals surface area contributed by atoms with Crippen LogP contribution in [0.2, 0.25) is 0 Å². The van der Waals surface area contributed by atoms with Crippen LogP contribution in [0.1, 0.15) is 26.2 Å². The Morgan fingerprint density at radius 3 is 2.83 bits per heavy atom. The zero-order valence-electron chi connectivity index (χ0n) is 7.68. The molecule has 12 heavy (non-hydrogen) atoms. The van der Waals surface area contributed by atoms with Crippen LogP contribution in [0.5, 0.6) is 0 Å². The second kappa shape index (κ2) is 4.90. The fourth-order valence-corrected chi connectivity index (χ4v) is 3.11. The maximum atomic E-state index is 5.48. The third kappa shape index (κ3) is 2.51. The van der Waals surface area contributed by atoms with Crippen LogP contribution in [0, 0.1) is 0 Å². The standard InChI is InChI=1S/C9H18N2S/c1-7(2)9(11-10)8-5-3-4-6-12-8/h8-9,11H,1,3-6,10H2,2H3. The van der Waals surface area contributed by atoms with Gasteiger partial charge in [-0.1, -0.05) is 18.6 Å². The number of hydrogen-bond acceptors (Lipinski definition) is 3. The molecule has 0 radical (unpaired) electrons. The highest BCUT2D eigenvalue weighted by atomic mass is 32.2. The second-order valence-corrected chi connectivity index (χ2v) is 4.74. The Hall–Kier alpha value is 0.0100. The zero-order chi connectivity index (χ0) is 8.97. The van der Waals surface area contributed by atoms with Gasteiger partial charge in [-0.2, -0.15) is 11.8 Å². The number of nitrogens with one attached hydrogen (secondary N) is 1. The first kappa shape index (κ1) is 10.1. The van der Waals surface area contributed by atoms with Crippen molar-refractivity contribution in [2.75, 3.05) is 5.75 Å². The summed E-state index contributed by atoms with van der Waals surface area (Å²) in [7, 11) is 0. The van der Waals surface area contributed by atoms with Crippen LogP contribution in [0.3, 0.4) is 0 Å². The van der Waals surface area contributed by atoms with E-state index in [0.29, 0.717) is 11.3 Å². The number of nitrogens with two attached hydrogens (primary N) is 1. The summed E-state index contributed by atoms with van der Waals surface area (Å²) in [6.07, 6.45) is 3.96. The first-order valence-electron chi connectivity index (χ1n) is 4.49. The van der Waals surface area contributed by atoms with E-state index in [1.165, 1.54) is 25.0 Å². The van der Waals surface area contributed by atoms with E-state index in [2.05, 4.69) is 12.0 Å². The van der Waals surface area contributed by atoms with E-state index in [1.807, 2.05) is 18.7 Å². The van der Waals surface area contributed by atoms with Gasteiger partial charge in [0.2, 0.25) is 0 Å². The molecule has 70 valence electrons.